The molecule has 0 N–H and O–H groups in total. The van der Waals surface area contributed by atoms with Gasteiger partial charge in [-0.3, -0.25) is 4.79 Å². The standard InChI is InChI=1S/C18H17ClN2O2/c1-13(15-5-7-16(19)8-6-15)21(2)18(22)12-23-17-9-3-14(11-20)4-10-17/h3-10,13H,12H2,1-2H3. The molecular weight excluding hydrogens is 312 g/mol. The van der Waals surface area contributed by atoms with Crippen molar-refractivity contribution in [2.24, 2.45) is 0 Å². The van der Waals surface area contributed by atoms with Gasteiger partial charge in [-0.05, 0) is 48.9 Å². The van der Waals surface area contributed by atoms with Gasteiger partial charge in [0.15, 0.2) is 6.61 Å². The van der Waals surface area contributed by atoms with Crippen LogP contribution in [-0.2, 0) is 4.79 Å². The van der Waals surface area contributed by atoms with Gasteiger partial charge in [-0.1, -0.05) is 23.7 Å². The van der Waals surface area contributed by atoms with Crippen molar-refractivity contribution in [3.05, 3.63) is 64.7 Å². The molecule has 2 aromatic rings. The monoisotopic (exact) mass is 328 g/mol. The number of halogens is 1. The Labute approximate surface area is 140 Å². The van der Waals surface area contributed by atoms with E-state index in [4.69, 9.17) is 21.6 Å². The van der Waals surface area contributed by atoms with Crippen LogP contribution in [0.15, 0.2) is 48.5 Å². The summed E-state index contributed by atoms with van der Waals surface area (Å²) in [6.45, 7) is 1.89. The second-order valence-corrected chi connectivity index (χ2v) is 5.59. The molecule has 0 aliphatic heterocycles. The highest BCUT2D eigenvalue weighted by Gasteiger charge is 2.17. The SMILES string of the molecule is CC(c1ccc(Cl)cc1)N(C)C(=O)COc1ccc(C#N)cc1. The minimum atomic E-state index is -0.128. The molecule has 0 saturated heterocycles. The first-order valence-corrected chi connectivity index (χ1v) is 7.53. The molecular formula is C18H17ClN2O2. The highest BCUT2D eigenvalue weighted by molar-refractivity contribution is 6.30. The summed E-state index contributed by atoms with van der Waals surface area (Å²) in [7, 11) is 1.74. The molecule has 1 amide bonds. The average molecular weight is 329 g/mol. The van der Waals surface area contributed by atoms with E-state index >= 15 is 0 Å². The predicted octanol–water partition coefficient (Wildman–Crippen LogP) is 3.81. The van der Waals surface area contributed by atoms with Crippen molar-refractivity contribution in [1.29, 1.82) is 5.26 Å². The van der Waals surface area contributed by atoms with Crippen molar-refractivity contribution in [3.63, 3.8) is 0 Å². The van der Waals surface area contributed by atoms with Crippen molar-refractivity contribution < 1.29 is 9.53 Å². The summed E-state index contributed by atoms with van der Waals surface area (Å²) in [4.78, 5) is 13.9. The summed E-state index contributed by atoms with van der Waals surface area (Å²) >= 11 is 5.88. The largest absolute Gasteiger partial charge is 0.484 e. The average Bonchev–Trinajstić information content (AvgIpc) is 2.59. The van der Waals surface area contributed by atoms with Crippen molar-refractivity contribution in [3.8, 4) is 11.8 Å². The summed E-state index contributed by atoms with van der Waals surface area (Å²) < 4.78 is 5.47. The van der Waals surface area contributed by atoms with Gasteiger partial charge in [0.25, 0.3) is 5.91 Å². The van der Waals surface area contributed by atoms with Crippen molar-refractivity contribution in [2.75, 3.05) is 13.7 Å². The maximum Gasteiger partial charge on any atom is 0.260 e. The minimum Gasteiger partial charge on any atom is -0.484 e. The third kappa shape index (κ3) is 4.48. The maximum atomic E-state index is 12.2. The van der Waals surface area contributed by atoms with Gasteiger partial charge in [-0.25, -0.2) is 0 Å². The first kappa shape index (κ1) is 16.9. The van der Waals surface area contributed by atoms with Crippen LogP contribution in [0.2, 0.25) is 5.02 Å². The summed E-state index contributed by atoms with van der Waals surface area (Å²) in [5, 5.41) is 9.41. The topological polar surface area (TPSA) is 53.3 Å². The Morgan fingerprint density at radius 2 is 1.83 bits per heavy atom. The van der Waals surface area contributed by atoms with Gasteiger partial charge >= 0.3 is 0 Å². The number of nitriles is 1. The lowest BCUT2D eigenvalue weighted by Crippen LogP contribution is -2.33. The zero-order valence-electron chi connectivity index (χ0n) is 13.0. The van der Waals surface area contributed by atoms with E-state index in [2.05, 4.69) is 0 Å². The molecule has 4 nitrogen and oxygen atoms in total. The smallest absolute Gasteiger partial charge is 0.260 e. The van der Waals surface area contributed by atoms with Crippen LogP contribution in [0.25, 0.3) is 0 Å². The van der Waals surface area contributed by atoms with Gasteiger partial charge in [0.05, 0.1) is 17.7 Å². The Hall–Kier alpha value is -2.51. The molecule has 1 atom stereocenters. The molecule has 0 fully saturated rings. The summed E-state index contributed by atoms with van der Waals surface area (Å²) in [6, 6.07) is 16.0. The van der Waals surface area contributed by atoms with Gasteiger partial charge in [0.1, 0.15) is 5.75 Å². The second kappa shape index (κ2) is 7.66. The van der Waals surface area contributed by atoms with E-state index in [0.29, 0.717) is 16.3 Å². The minimum absolute atomic E-state index is 0.0552. The van der Waals surface area contributed by atoms with Gasteiger partial charge in [-0.15, -0.1) is 0 Å². The molecule has 0 aliphatic rings. The molecule has 1 unspecified atom stereocenters. The maximum absolute atomic E-state index is 12.2. The number of likely N-dealkylation sites (N-methyl/N-ethyl adjacent to an activating group) is 1. The van der Waals surface area contributed by atoms with E-state index in [0.717, 1.165) is 5.56 Å². The number of rotatable bonds is 5. The highest BCUT2D eigenvalue weighted by atomic mass is 35.5. The third-order valence-corrected chi connectivity index (χ3v) is 3.92. The predicted molar refractivity (Wildman–Crippen MR) is 89.3 cm³/mol. The van der Waals surface area contributed by atoms with Gasteiger partial charge in [0.2, 0.25) is 0 Å². The summed E-state index contributed by atoms with van der Waals surface area (Å²) in [5.41, 5.74) is 1.56. The highest BCUT2D eigenvalue weighted by Crippen LogP contribution is 2.21. The number of carbonyl (C=O) groups excluding carboxylic acids is 1. The summed E-state index contributed by atoms with van der Waals surface area (Å²) in [6.07, 6.45) is 0. The molecule has 5 heteroatoms. The number of nitrogens with zero attached hydrogens (tertiary/aromatic N) is 2. The number of ether oxygens (including phenoxy) is 1. The van der Waals surface area contributed by atoms with E-state index in [1.54, 1.807) is 48.3 Å². The molecule has 0 spiro atoms. The number of carbonyl (C=O) groups is 1. The fourth-order valence-corrected chi connectivity index (χ4v) is 2.18. The van der Waals surface area contributed by atoms with Crippen LogP contribution < -0.4 is 4.74 Å². The molecule has 0 aromatic heterocycles. The van der Waals surface area contributed by atoms with Crippen LogP contribution in [0.3, 0.4) is 0 Å². The lowest BCUT2D eigenvalue weighted by atomic mass is 10.1. The molecule has 0 radical (unpaired) electrons. The Morgan fingerprint density at radius 3 is 2.39 bits per heavy atom. The molecule has 2 aromatic carbocycles. The van der Waals surface area contributed by atoms with Crippen molar-refractivity contribution >= 4 is 17.5 Å². The molecule has 118 valence electrons. The number of amides is 1. The van der Waals surface area contributed by atoms with Crippen LogP contribution in [0, 0.1) is 11.3 Å². The molecule has 2 rings (SSSR count). The summed E-state index contributed by atoms with van der Waals surface area (Å²) in [5.74, 6) is 0.432. The van der Waals surface area contributed by atoms with Crippen molar-refractivity contribution in [1.82, 2.24) is 4.90 Å². The molecule has 0 saturated carbocycles. The number of benzene rings is 2. The van der Waals surface area contributed by atoms with Crippen LogP contribution in [0.1, 0.15) is 24.1 Å². The fourth-order valence-electron chi connectivity index (χ4n) is 2.05. The Bertz CT molecular complexity index is 705. The lowest BCUT2D eigenvalue weighted by molar-refractivity contribution is -0.134. The van der Waals surface area contributed by atoms with Crippen LogP contribution >= 0.6 is 11.6 Å². The van der Waals surface area contributed by atoms with E-state index in [1.807, 2.05) is 25.1 Å². The quantitative estimate of drug-likeness (QED) is 0.838. The molecule has 0 bridgehead atoms. The van der Waals surface area contributed by atoms with Crippen LogP contribution in [-0.4, -0.2) is 24.5 Å². The Morgan fingerprint density at radius 1 is 1.22 bits per heavy atom. The normalized spacial score (nSPS) is 11.4. The second-order valence-electron chi connectivity index (χ2n) is 5.16. The molecule has 23 heavy (non-hydrogen) atoms. The van der Waals surface area contributed by atoms with Gasteiger partial charge in [-0.2, -0.15) is 5.26 Å². The van der Waals surface area contributed by atoms with Gasteiger partial charge < -0.3 is 9.64 Å². The third-order valence-electron chi connectivity index (χ3n) is 3.67. The van der Waals surface area contributed by atoms with Crippen LogP contribution in [0.4, 0.5) is 0 Å². The number of hydrogen-bond acceptors (Lipinski definition) is 3. The van der Waals surface area contributed by atoms with E-state index < -0.39 is 0 Å². The first-order valence-electron chi connectivity index (χ1n) is 7.15. The van der Waals surface area contributed by atoms with E-state index in [9.17, 15) is 4.79 Å². The Kier molecular flexibility index (Phi) is 5.61. The van der Waals surface area contributed by atoms with E-state index in [1.165, 1.54) is 0 Å². The molecule has 0 heterocycles. The lowest BCUT2D eigenvalue weighted by Gasteiger charge is -2.25. The Balaban J connectivity index is 1.93. The van der Waals surface area contributed by atoms with E-state index in [-0.39, 0.29) is 18.6 Å². The zero-order valence-corrected chi connectivity index (χ0v) is 13.7. The van der Waals surface area contributed by atoms with Crippen molar-refractivity contribution in [2.45, 2.75) is 13.0 Å². The first-order chi connectivity index (χ1) is 11.0. The number of hydrogen-bond donors (Lipinski definition) is 0. The van der Waals surface area contributed by atoms with Crippen LogP contribution in [0.5, 0.6) is 5.75 Å². The van der Waals surface area contributed by atoms with Gasteiger partial charge in [0, 0.05) is 12.1 Å². The fraction of sp³-hybridized carbons (Fsp3) is 0.222. The zero-order chi connectivity index (χ0) is 16.8. The molecule has 0 aliphatic carbocycles.